The number of carbonyl (C=O) groups is 11. The summed E-state index contributed by atoms with van der Waals surface area (Å²) in [6, 6.07) is 1.30. The van der Waals surface area contributed by atoms with Crippen LogP contribution in [0.2, 0.25) is 0 Å². The lowest BCUT2D eigenvalue weighted by Crippen LogP contribution is -2.62. The number of H-pyrrole nitrogens is 1. The highest BCUT2D eigenvalue weighted by molar-refractivity contribution is 7.85. The fourth-order valence-electron chi connectivity index (χ4n) is 10.0. The number of benzene rings is 2. The van der Waals surface area contributed by atoms with Gasteiger partial charge in [-0.1, -0.05) is 71.4 Å². The second kappa shape index (κ2) is 29.6. The number of amides is 11. The van der Waals surface area contributed by atoms with Crippen molar-refractivity contribution in [2.75, 3.05) is 44.4 Å². The molecule has 3 aromatic rings. The summed E-state index contributed by atoms with van der Waals surface area (Å²) < 4.78 is 14.9. The summed E-state index contributed by atoms with van der Waals surface area (Å²) in [4.78, 5) is 158. The second-order valence-electron chi connectivity index (χ2n) is 21.7. The van der Waals surface area contributed by atoms with Crippen LogP contribution in [0.15, 0.2) is 53.6 Å². The molecule has 29 heteroatoms. The number of fused-ring (bicyclic) bond motifs is 5. The van der Waals surface area contributed by atoms with Crippen molar-refractivity contribution in [2.45, 2.75) is 139 Å². The Balaban J connectivity index is 1.39. The van der Waals surface area contributed by atoms with Crippen LogP contribution in [-0.4, -0.2) is 194 Å². The minimum Gasteiger partial charge on any atom is -0.394 e. The molecule has 0 spiro atoms. The van der Waals surface area contributed by atoms with Crippen LogP contribution in [0.25, 0.3) is 10.9 Å². The minimum atomic E-state index is -2.36. The molecule has 15 N–H and O–H groups in total. The van der Waals surface area contributed by atoms with Gasteiger partial charge < -0.3 is 83.7 Å². The highest BCUT2D eigenvalue weighted by Gasteiger charge is 2.45. The van der Waals surface area contributed by atoms with E-state index in [2.05, 4.69) is 63.5 Å². The van der Waals surface area contributed by atoms with Gasteiger partial charge in [0.05, 0.1) is 60.9 Å². The van der Waals surface area contributed by atoms with Gasteiger partial charge in [-0.2, -0.15) is 0 Å². The third-order valence-corrected chi connectivity index (χ3v) is 16.6. The predicted octanol–water partition coefficient (Wildman–Crippen LogP) is -4.11. The maximum absolute atomic E-state index is 14.9. The lowest BCUT2D eigenvalue weighted by molar-refractivity contribution is -0.144. The van der Waals surface area contributed by atoms with E-state index >= 15 is 0 Å². The molecule has 3 aliphatic heterocycles. The SMILES string of the molecule is CC[C@H](C)[C@@H]1NC(=O)CNC(=O)[C@@H]2Cc3c([nH]c4ccccc34)S(=O)C[C@H](NC(=O)CNC1=O)C(=O)N[C@@H](CC(=O)NCc1ccc(NC(=O)[C@H](C)NC(=O)[C@@H](NC)C(C)C)cc1)C(=O)N1C[C@H](O)C[C@H]1C(=O)N[C@@H]([C@@H](C)[C@@H](O)CO)C(=O)N2. The summed E-state index contributed by atoms with van der Waals surface area (Å²) in [6.07, 6.45) is -4.45. The van der Waals surface area contributed by atoms with Crippen LogP contribution in [0.1, 0.15) is 71.9 Å². The minimum absolute atomic E-state index is 0.0436. The number of aromatic nitrogens is 1. The number of nitrogens with one attached hydrogen (secondary N) is 12. The number of nitrogens with zero attached hydrogens (tertiary/aromatic N) is 1. The topological polar surface area (TPSA) is 417 Å². The standard InChI is InChI=1S/C55H77N13O15S/c1-8-27(4)45-51(79)59-21-42(73)62-38-25-84(83)54-34(33-11-9-10-12-35(33)65-54)18-36(48(76)58-22-43(74)66-45)63-53(81)46(28(5)40(71)24-69)67-50(78)39-17-32(70)23-68(39)55(82)37(64-49(38)77)19-41(72)57-20-30-13-15-31(16-14-30)61-47(75)29(6)60-52(80)44(56-7)26(2)3/h9-16,26-29,32,36-40,44-46,56,65,69-71H,8,17-25H2,1-7H3,(H,57,72)(H,58,76)(H,59,79)(H,60,80)(H,61,75)(H,62,73)(H,63,81)(H,64,77)(H,66,74)(H,67,78)/t27-,28-,29-,32+,36-,37-,38-,39-,40-,44-,45-,46-,84?/m0/s1. The second-order valence-corrected chi connectivity index (χ2v) is 23.1. The zero-order valence-corrected chi connectivity index (χ0v) is 48.6. The molecule has 3 aliphatic rings. The molecule has 84 heavy (non-hydrogen) atoms. The summed E-state index contributed by atoms with van der Waals surface area (Å²) in [7, 11) is -0.721. The van der Waals surface area contributed by atoms with E-state index in [1.54, 1.807) is 69.4 Å². The Hall–Kier alpha value is -7.86. The first-order chi connectivity index (χ1) is 39.8. The molecule has 2 aromatic carbocycles. The van der Waals surface area contributed by atoms with Crippen LogP contribution in [0, 0.1) is 17.8 Å². The first-order valence-corrected chi connectivity index (χ1v) is 29.1. The first-order valence-electron chi connectivity index (χ1n) is 27.8. The number of hydrogen-bond donors (Lipinski definition) is 15. The van der Waals surface area contributed by atoms with E-state index in [1.807, 2.05) is 13.8 Å². The van der Waals surface area contributed by atoms with Crippen LogP contribution in [0.4, 0.5) is 5.69 Å². The summed E-state index contributed by atoms with van der Waals surface area (Å²) >= 11 is 0. The van der Waals surface area contributed by atoms with Crippen LogP contribution in [0.5, 0.6) is 0 Å². The van der Waals surface area contributed by atoms with Crippen molar-refractivity contribution in [1.82, 2.24) is 63.1 Å². The molecule has 1 unspecified atom stereocenters. The predicted molar refractivity (Wildman–Crippen MR) is 304 cm³/mol. The monoisotopic (exact) mass is 1190 g/mol. The number of para-hydroxylation sites is 1. The molecule has 2 bridgehead atoms. The highest BCUT2D eigenvalue weighted by atomic mass is 32.2. The maximum atomic E-state index is 14.9. The van der Waals surface area contributed by atoms with Gasteiger partial charge in [-0.15, -0.1) is 0 Å². The van der Waals surface area contributed by atoms with Crippen LogP contribution < -0.4 is 58.5 Å². The third-order valence-electron chi connectivity index (χ3n) is 15.2. The average Bonchev–Trinajstić information content (AvgIpc) is 2.40. The van der Waals surface area contributed by atoms with E-state index in [1.165, 1.54) is 13.8 Å². The van der Waals surface area contributed by atoms with Gasteiger partial charge in [0, 0.05) is 48.4 Å². The molecule has 13 atom stereocenters. The van der Waals surface area contributed by atoms with Gasteiger partial charge >= 0.3 is 0 Å². The molecule has 458 valence electrons. The zero-order chi connectivity index (χ0) is 61.7. The Morgan fingerprint density at radius 2 is 1.44 bits per heavy atom. The summed E-state index contributed by atoms with van der Waals surface area (Å²) in [5.41, 5.74) is 1.41. The number of aliphatic hydroxyl groups is 3. The molecular weight excluding hydrogens is 1110 g/mol. The summed E-state index contributed by atoms with van der Waals surface area (Å²) in [5.74, 6) is -12.4. The first kappa shape index (κ1) is 65.3. The van der Waals surface area contributed by atoms with Crippen LogP contribution >= 0.6 is 0 Å². The van der Waals surface area contributed by atoms with E-state index in [-0.39, 0.29) is 29.0 Å². The van der Waals surface area contributed by atoms with E-state index in [4.69, 9.17) is 0 Å². The lowest BCUT2D eigenvalue weighted by atomic mass is 9.93. The normalized spacial score (nSPS) is 25.2. The van der Waals surface area contributed by atoms with Gasteiger partial charge in [0.25, 0.3) is 0 Å². The third kappa shape index (κ3) is 16.7. The van der Waals surface area contributed by atoms with Crippen molar-refractivity contribution in [2.24, 2.45) is 17.8 Å². The van der Waals surface area contributed by atoms with Crippen molar-refractivity contribution in [3.63, 3.8) is 0 Å². The maximum Gasteiger partial charge on any atom is 0.246 e. The van der Waals surface area contributed by atoms with Crippen molar-refractivity contribution in [3.8, 4) is 0 Å². The Kier molecular flexibility index (Phi) is 23.0. The smallest absolute Gasteiger partial charge is 0.246 e. The molecule has 0 saturated carbocycles. The van der Waals surface area contributed by atoms with Crippen LogP contribution in [0.3, 0.4) is 0 Å². The number of carbonyl (C=O) groups excluding carboxylic acids is 11. The quantitative estimate of drug-likeness (QED) is 0.0688. The van der Waals surface area contributed by atoms with E-state index in [0.29, 0.717) is 28.6 Å². The van der Waals surface area contributed by atoms with Crippen molar-refractivity contribution in [3.05, 3.63) is 59.7 Å². The fraction of sp³-hybridized carbons (Fsp3) is 0.545. The number of likely N-dealkylation sites (N-methyl/N-ethyl adjacent to an activating group) is 1. The fourth-order valence-corrected chi connectivity index (χ4v) is 11.4. The van der Waals surface area contributed by atoms with E-state index in [0.717, 1.165) is 4.90 Å². The molecule has 11 amide bonds. The van der Waals surface area contributed by atoms with Gasteiger partial charge in [0.2, 0.25) is 65.0 Å². The molecule has 28 nitrogen and oxygen atoms in total. The molecule has 1 saturated heterocycles. The Morgan fingerprint density at radius 1 is 0.774 bits per heavy atom. The van der Waals surface area contributed by atoms with Gasteiger partial charge in [0.1, 0.15) is 47.3 Å². The number of aliphatic hydroxyl groups excluding tert-OH is 3. The molecule has 1 fully saturated rings. The zero-order valence-electron chi connectivity index (χ0n) is 47.8. The van der Waals surface area contributed by atoms with Crippen molar-refractivity contribution >= 4 is 92.4 Å². The van der Waals surface area contributed by atoms with Crippen molar-refractivity contribution < 1.29 is 72.3 Å². The van der Waals surface area contributed by atoms with Gasteiger partial charge in [-0.25, -0.2) is 0 Å². The lowest BCUT2D eigenvalue weighted by Gasteiger charge is -2.33. The largest absolute Gasteiger partial charge is 0.394 e. The molecule has 0 radical (unpaired) electrons. The van der Waals surface area contributed by atoms with E-state index < -0.39 is 194 Å². The Morgan fingerprint density at radius 3 is 2.10 bits per heavy atom. The molecular formula is C55H77N13O15S. The summed E-state index contributed by atoms with van der Waals surface area (Å²) in [5, 5.41) is 60.9. The van der Waals surface area contributed by atoms with Gasteiger partial charge in [-0.05, 0) is 55.1 Å². The molecule has 4 heterocycles. The molecule has 0 aliphatic carbocycles. The van der Waals surface area contributed by atoms with Crippen LogP contribution in [-0.2, 0) is 76.5 Å². The van der Waals surface area contributed by atoms with Crippen molar-refractivity contribution in [1.29, 1.82) is 0 Å². The molecule has 6 rings (SSSR count). The van der Waals surface area contributed by atoms with Gasteiger partial charge in [-0.3, -0.25) is 56.9 Å². The summed E-state index contributed by atoms with van der Waals surface area (Å²) in [6.45, 7) is 6.83. The highest BCUT2D eigenvalue weighted by Crippen LogP contribution is 2.28. The number of anilines is 1. The van der Waals surface area contributed by atoms with E-state index in [9.17, 15) is 72.3 Å². The number of hydrogen-bond acceptors (Lipinski definition) is 16. The number of rotatable bonds is 15. The Labute approximate surface area is 487 Å². The molecule has 1 aromatic heterocycles. The average molecular weight is 1190 g/mol. The van der Waals surface area contributed by atoms with Gasteiger partial charge in [0.15, 0.2) is 0 Å². The Bertz CT molecular complexity index is 2980. The number of aromatic amines is 1.